The maximum atomic E-state index is 5.44. The Bertz CT molecular complexity index is 1360. The number of aromatic nitrogens is 4. The minimum absolute atomic E-state index is 0.596. The molecule has 30 heavy (non-hydrogen) atoms. The summed E-state index contributed by atoms with van der Waals surface area (Å²) in [5.74, 6) is 0.812. The van der Waals surface area contributed by atoms with Gasteiger partial charge in [0.25, 0.3) is 0 Å². The molecule has 0 amide bonds. The number of rotatable bonds is 5. The molecule has 0 unspecified atom stereocenters. The first-order chi connectivity index (χ1) is 14.7. The number of ether oxygens (including phenoxy) is 1. The third kappa shape index (κ3) is 3.22. The Kier molecular flexibility index (Phi) is 4.52. The molecule has 0 aliphatic rings. The fourth-order valence-electron chi connectivity index (χ4n) is 3.77. The van der Waals surface area contributed by atoms with Gasteiger partial charge in [-0.1, -0.05) is 12.1 Å². The van der Waals surface area contributed by atoms with E-state index in [1.807, 2.05) is 18.3 Å². The Morgan fingerprint density at radius 1 is 1.00 bits per heavy atom. The largest absolute Gasteiger partial charge is 0.496 e. The number of pyridine rings is 1. The fraction of sp³-hybridized carbons (Fsp3) is 0.125. The van der Waals surface area contributed by atoms with Gasteiger partial charge in [-0.05, 0) is 41.3 Å². The predicted octanol–water partition coefficient (Wildman–Crippen LogP) is 4.80. The van der Waals surface area contributed by atoms with Crippen molar-refractivity contribution in [3.63, 3.8) is 0 Å². The lowest BCUT2D eigenvalue weighted by Gasteiger charge is -2.13. The van der Waals surface area contributed by atoms with E-state index in [9.17, 15) is 0 Å². The Balaban J connectivity index is 1.58. The van der Waals surface area contributed by atoms with Gasteiger partial charge in [0.1, 0.15) is 5.75 Å². The third-order valence-electron chi connectivity index (χ3n) is 5.33. The Hall–Kier alpha value is -3.93. The molecule has 0 radical (unpaired) electrons. The number of hydrogen-bond donors (Lipinski definition) is 1. The number of benzene rings is 2. The Morgan fingerprint density at radius 2 is 1.90 bits per heavy atom. The van der Waals surface area contributed by atoms with Gasteiger partial charge in [-0.2, -0.15) is 0 Å². The van der Waals surface area contributed by atoms with E-state index in [4.69, 9.17) is 4.74 Å². The van der Waals surface area contributed by atoms with Crippen molar-refractivity contribution in [3.8, 4) is 16.9 Å². The van der Waals surface area contributed by atoms with Crippen LogP contribution in [0.15, 0.2) is 73.4 Å². The van der Waals surface area contributed by atoms with Gasteiger partial charge in [-0.3, -0.25) is 15.0 Å². The van der Waals surface area contributed by atoms with Crippen LogP contribution in [0.25, 0.3) is 33.1 Å². The molecule has 5 rings (SSSR count). The highest BCUT2D eigenvalue weighted by molar-refractivity contribution is 5.97. The lowest BCUT2D eigenvalue weighted by Crippen LogP contribution is -2.03. The zero-order chi connectivity index (χ0) is 20.5. The summed E-state index contributed by atoms with van der Waals surface area (Å²) in [5.41, 5.74) is 7.03. The zero-order valence-corrected chi connectivity index (χ0v) is 16.8. The van der Waals surface area contributed by atoms with E-state index in [-0.39, 0.29) is 0 Å². The highest BCUT2D eigenvalue weighted by atomic mass is 16.5. The molecular weight excluding hydrogens is 374 g/mol. The molecule has 1 N–H and O–H groups in total. The summed E-state index contributed by atoms with van der Waals surface area (Å²) in [4.78, 5) is 13.4. The monoisotopic (exact) mass is 395 g/mol. The van der Waals surface area contributed by atoms with E-state index in [1.165, 1.54) is 10.9 Å². The molecule has 0 atom stereocenters. The number of fused-ring (bicyclic) bond motifs is 2. The van der Waals surface area contributed by atoms with Crippen molar-refractivity contribution in [1.29, 1.82) is 0 Å². The fourth-order valence-corrected chi connectivity index (χ4v) is 3.77. The van der Waals surface area contributed by atoms with Crippen molar-refractivity contribution in [3.05, 3.63) is 79.0 Å². The molecule has 148 valence electrons. The molecule has 3 heterocycles. The Labute approximate surface area is 174 Å². The molecule has 0 fully saturated rings. The molecule has 6 nitrogen and oxygen atoms in total. The van der Waals surface area contributed by atoms with Crippen LogP contribution in [0, 0.1) is 0 Å². The lowest BCUT2D eigenvalue weighted by atomic mass is 10.0. The summed E-state index contributed by atoms with van der Waals surface area (Å²) in [5, 5.41) is 4.71. The summed E-state index contributed by atoms with van der Waals surface area (Å²) in [6, 6.07) is 14.6. The lowest BCUT2D eigenvalue weighted by molar-refractivity contribution is 0.409. The van der Waals surface area contributed by atoms with Gasteiger partial charge in [0.05, 0.1) is 18.1 Å². The minimum Gasteiger partial charge on any atom is -0.496 e. The normalized spacial score (nSPS) is 11.1. The van der Waals surface area contributed by atoms with Crippen molar-refractivity contribution in [1.82, 2.24) is 19.5 Å². The number of hydrogen-bond acceptors (Lipinski definition) is 5. The van der Waals surface area contributed by atoms with Gasteiger partial charge in [-0.15, -0.1) is 0 Å². The van der Waals surface area contributed by atoms with E-state index in [2.05, 4.69) is 68.4 Å². The summed E-state index contributed by atoms with van der Waals surface area (Å²) >= 11 is 0. The van der Waals surface area contributed by atoms with Gasteiger partial charge in [0.2, 0.25) is 0 Å². The van der Waals surface area contributed by atoms with Gasteiger partial charge in [0.15, 0.2) is 0 Å². The molecule has 0 aliphatic heterocycles. The average molecular weight is 395 g/mol. The predicted molar refractivity (Wildman–Crippen MR) is 120 cm³/mol. The standard InChI is InChI=1S/C24H21N5O/c1-29-10-6-16-3-4-17(11-22(16)29)20-12-19(13-21-24(20)27-9-8-26-21)28-15-18-14-25-7-5-23(18)30-2/h3-14,28H,15H2,1-2H3. The first kappa shape index (κ1) is 18.1. The van der Waals surface area contributed by atoms with Crippen LogP contribution in [0.2, 0.25) is 0 Å². The van der Waals surface area contributed by atoms with Gasteiger partial charge in [0, 0.05) is 66.9 Å². The molecule has 0 saturated heterocycles. The molecule has 6 heteroatoms. The van der Waals surface area contributed by atoms with Crippen LogP contribution >= 0.6 is 0 Å². The number of nitrogens with zero attached hydrogens (tertiary/aromatic N) is 4. The van der Waals surface area contributed by atoms with Crippen molar-refractivity contribution >= 4 is 27.6 Å². The SMILES string of the molecule is COc1ccncc1CNc1cc(-c2ccc3ccn(C)c3c2)c2nccnc2c1. The first-order valence-corrected chi connectivity index (χ1v) is 9.74. The highest BCUT2D eigenvalue weighted by Gasteiger charge is 2.11. The highest BCUT2D eigenvalue weighted by Crippen LogP contribution is 2.32. The van der Waals surface area contributed by atoms with E-state index in [1.54, 1.807) is 25.7 Å². The molecule has 5 aromatic rings. The summed E-state index contributed by atoms with van der Waals surface area (Å²) in [6.45, 7) is 0.596. The van der Waals surface area contributed by atoms with Crippen molar-refractivity contribution in [2.24, 2.45) is 7.05 Å². The third-order valence-corrected chi connectivity index (χ3v) is 5.33. The summed E-state index contributed by atoms with van der Waals surface area (Å²) in [7, 11) is 3.73. The number of aryl methyl sites for hydroxylation is 1. The van der Waals surface area contributed by atoms with Crippen molar-refractivity contribution < 1.29 is 4.74 Å². The van der Waals surface area contributed by atoms with Gasteiger partial charge in [-0.25, -0.2) is 0 Å². The molecule has 0 aliphatic carbocycles. The second kappa shape index (κ2) is 7.48. The van der Waals surface area contributed by atoms with Crippen LogP contribution in [0.4, 0.5) is 5.69 Å². The summed E-state index contributed by atoms with van der Waals surface area (Å²) in [6.07, 6.45) is 9.08. The van der Waals surface area contributed by atoms with Crippen LogP contribution in [0.1, 0.15) is 5.56 Å². The zero-order valence-electron chi connectivity index (χ0n) is 16.8. The van der Waals surface area contributed by atoms with Gasteiger partial charge >= 0.3 is 0 Å². The van der Waals surface area contributed by atoms with E-state index in [0.29, 0.717) is 6.54 Å². The first-order valence-electron chi connectivity index (χ1n) is 9.74. The maximum Gasteiger partial charge on any atom is 0.126 e. The van der Waals surface area contributed by atoms with E-state index < -0.39 is 0 Å². The number of nitrogens with one attached hydrogen (secondary N) is 1. The number of anilines is 1. The van der Waals surface area contributed by atoms with Crippen LogP contribution in [-0.2, 0) is 13.6 Å². The van der Waals surface area contributed by atoms with Crippen LogP contribution < -0.4 is 10.1 Å². The average Bonchev–Trinajstić information content (AvgIpc) is 3.17. The van der Waals surface area contributed by atoms with Crippen LogP contribution in [0.5, 0.6) is 5.75 Å². The van der Waals surface area contributed by atoms with Crippen molar-refractivity contribution in [2.75, 3.05) is 12.4 Å². The van der Waals surface area contributed by atoms with Crippen LogP contribution in [-0.4, -0.2) is 26.6 Å². The minimum atomic E-state index is 0.596. The van der Waals surface area contributed by atoms with Crippen molar-refractivity contribution in [2.45, 2.75) is 6.54 Å². The maximum absolute atomic E-state index is 5.44. The topological polar surface area (TPSA) is 64.9 Å². The molecule has 2 aromatic carbocycles. The molecule has 0 bridgehead atoms. The number of methoxy groups -OCH3 is 1. The van der Waals surface area contributed by atoms with Crippen LogP contribution in [0.3, 0.4) is 0 Å². The second-order valence-electron chi connectivity index (χ2n) is 7.19. The van der Waals surface area contributed by atoms with E-state index in [0.717, 1.165) is 39.2 Å². The Morgan fingerprint density at radius 3 is 2.80 bits per heavy atom. The quantitative estimate of drug-likeness (QED) is 0.463. The summed E-state index contributed by atoms with van der Waals surface area (Å²) < 4.78 is 7.57. The van der Waals surface area contributed by atoms with Gasteiger partial charge < -0.3 is 14.6 Å². The second-order valence-corrected chi connectivity index (χ2v) is 7.19. The molecule has 3 aromatic heterocycles. The molecular formula is C24H21N5O. The van der Waals surface area contributed by atoms with E-state index >= 15 is 0 Å². The molecule has 0 spiro atoms. The molecule has 0 saturated carbocycles. The smallest absolute Gasteiger partial charge is 0.126 e.